The summed E-state index contributed by atoms with van der Waals surface area (Å²) in [5, 5.41) is 8.58. The van der Waals surface area contributed by atoms with Gasteiger partial charge < -0.3 is 5.73 Å². The summed E-state index contributed by atoms with van der Waals surface area (Å²) in [6, 6.07) is 4.94. The van der Waals surface area contributed by atoms with E-state index in [2.05, 4.69) is 15.9 Å². The minimum Gasteiger partial charge on any atom is -0.319 e. The summed E-state index contributed by atoms with van der Waals surface area (Å²) >= 11 is 3.11. The molecule has 1 aromatic carbocycles. The van der Waals surface area contributed by atoms with Gasteiger partial charge in [0.25, 0.3) is 6.43 Å². The van der Waals surface area contributed by atoms with E-state index in [-0.39, 0.29) is 5.56 Å². The molecule has 0 fully saturated rings. The van der Waals surface area contributed by atoms with Crippen LogP contribution in [0.15, 0.2) is 22.7 Å². The van der Waals surface area contributed by atoms with Crippen LogP contribution in [0.4, 0.5) is 8.78 Å². The van der Waals surface area contributed by atoms with E-state index in [1.54, 1.807) is 0 Å². The molecule has 0 aliphatic carbocycles. The van der Waals surface area contributed by atoms with Crippen LogP contribution in [0.3, 0.4) is 0 Å². The Balaban J connectivity index is 3.13. The summed E-state index contributed by atoms with van der Waals surface area (Å²) in [7, 11) is 0. The fourth-order valence-electron chi connectivity index (χ4n) is 1.00. The second-order valence-corrected chi connectivity index (χ2v) is 3.56. The maximum Gasteiger partial charge on any atom is 0.257 e. The third-order valence-electron chi connectivity index (χ3n) is 1.76. The van der Waals surface area contributed by atoms with Crippen LogP contribution in [0.5, 0.6) is 0 Å². The minimum atomic E-state index is -2.64. The van der Waals surface area contributed by atoms with Gasteiger partial charge in [-0.25, -0.2) is 8.78 Å². The van der Waals surface area contributed by atoms with E-state index >= 15 is 0 Å². The van der Waals surface area contributed by atoms with Crippen LogP contribution in [0.25, 0.3) is 0 Å². The molecule has 1 unspecified atom stereocenters. The van der Waals surface area contributed by atoms with Crippen molar-refractivity contribution in [3.63, 3.8) is 0 Å². The Morgan fingerprint density at radius 3 is 2.57 bits per heavy atom. The van der Waals surface area contributed by atoms with Crippen molar-refractivity contribution >= 4 is 15.9 Å². The van der Waals surface area contributed by atoms with Crippen LogP contribution >= 0.6 is 15.9 Å². The number of nitrogens with two attached hydrogens (primary N) is 1. The summed E-state index contributed by atoms with van der Waals surface area (Å²) in [5.74, 6) is 0. The Morgan fingerprint density at radius 2 is 2.07 bits per heavy atom. The predicted octanol–water partition coefficient (Wildman–Crippen LogP) is 2.59. The van der Waals surface area contributed by atoms with E-state index in [1.807, 2.05) is 6.07 Å². The number of hydrogen-bond acceptors (Lipinski definition) is 2. The number of halogens is 3. The minimum absolute atomic E-state index is 0.249. The van der Waals surface area contributed by atoms with Crippen LogP contribution in [0.1, 0.15) is 17.2 Å². The molecule has 0 aliphatic heterocycles. The number of benzene rings is 1. The van der Waals surface area contributed by atoms with Crippen LogP contribution < -0.4 is 5.73 Å². The van der Waals surface area contributed by atoms with Crippen LogP contribution in [0.2, 0.25) is 0 Å². The van der Waals surface area contributed by atoms with E-state index in [9.17, 15) is 8.78 Å². The predicted molar refractivity (Wildman–Crippen MR) is 51.8 cm³/mol. The number of nitrogens with zero attached hydrogens (tertiary/aromatic N) is 1. The molecular weight excluding hydrogens is 254 g/mol. The lowest BCUT2D eigenvalue weighted by molar-refractivity contribution is 0.116. The van der Waals surface area contributed by atoms with Gasteiger partial charge in [0, 0.05) is 4.47 Å². The highest BCUT2D eigenvalue weighted by molar-refractivity contribution is 9.10. The highest BCUT2D eigenvalue weighted by atomic mass is 79.9. The zero-order chi connectivity index (χ0) is 10.7. The molecule has 74 valence electrons. The van der Waals surface area contributed by atoms with Gasteiger partial charge in [-0.15, -0.1) is 0 Å². The van der Waals surface area contributed by atoms with Crippen molar-refractivity contribution in [2.45, 2.75) is 12.5 Å². The zero-order valence-corrected chi connectivity index (χ0v) is 8.63. The van der Waals surface area contributed by atoms with Crippen molar-refractivity contribution in [1.29, 1.82) is 5.26 Å². The lowest BCUT2D eigenvalue weighted by Gasteiger charge is -2.12. The van der Waals surface area contributed by atoms with Gasteiger partial charge in [0.05, 0.1) is 17.7 Å². The Kier molecular flexibility index (Phi) is 3.55. The molecule has 0 amide bonds. The smallest absolute Gasteiger partial charge is 0.257 e. The van der Waals surface area contributed by atoms with Gasteiger partial charge in [-0.1, -0.05) is 15.9 Å². The molecule has 1 atom stereocenters. The molecule has 0 heterocycles. The molecule has 0 bridgehead atoms. The molecule has 2 N–H and O–H groups in total. The van der Waals surface area contributed by atoms with Gasteiger partial charge in [-0.2, -0.15) is 5.26 Å². The monoisotopic (exact) mass is 260 g/mol. The molecule has 0 saturated carbocycles. The Hall–Kier alpha value is -0.990. The van der Waals surface area contributed by atoms with Crippen molar-refractivity contribution in [1.82, 2.24) is 0 Å². The quantitative estimate of drug-likeness (QED) is 0.889. The van der Waals surface area contributed by atoms with Crippen molar-refractivity contribution in [3.05, 3.63) is 33.8 Å². The standard InChI is InChI=1S/C9H7BrF2N2/c10-7-2-1-5(4-13)3-6(7)8(14)9(11)12/h1-3,8-9H,14H2. The Morgan fingerprint density at radius 1 is 1.43 bits per heavy atom. The van der Waals surface area contributed by atoms with Gasteiger partial charge in [0.1, 0.15) is 0 Å². The highest BCUT2D eigenvalue weighted by Crippen LogP contribution is 2.26. The molecule has 5 heteroatoms. The number of nitriles is 1. The Bertz CT molecular complexity index is 374. The maximum atomic E-state index is 12.3. The third kappa shape index (κ3) is 2.28. The third-order valence-corrected chi connectivity index (χ3v) is 2.48. The van der Waals surface area contributed by atoms with Gasteiger partial charge in [-0.05, 0) is 23.8 Å². The maximum absolute atomic E-state index is 12.3. The molecule has 1 rings (SSSR count). The highest BCUT2D eigenvalue weighted by Gasteiger charge is 2.20. The summed E-state index contributed by atoms with van der Waals surface area (Å²) in [6.07, 6.45) is -2.64. The molecule has 0 saturated heterocycles. The first-order valence-electron chi connectivity index (χ1n) is 3.79. The van der Waals surface area contributed by atoms with Crippen molar-refractivity contribution < 1.29 is 8.78 Å². The average molecular weight is 261 g/mol. The van der Waals surface area contributed by atoms with Crippen molar-refractivity contribution in [3.8, 4) is 6.07 Å². The summed E-state index contributed by atoms with van der Waals surface area (Å²) in [5.41, 5.74) is 5.84. The number of hydrogen-bond donors (Lipinski definition) is 1. The number of rotatable bonds is 2. The summed E-state index contributed by atoms with van der Waals surface area (Å²) in [4.78, 5) is 0. The normalized spacial score (nSPS) is 12.6. The molecule has 0 spiro atoms. The Labute approximate surface area is 88.5 Å². The van der Waals surface area contributed by atoms with Crippen molar-refractivity contribution in [2.75, 3.05) is 0 Å². The van der Waals surface area contributed by atoms with Crippen molar-refractivity contribution in [2.24, 2.45) is 5.73 Å². The fraction of sp³-hybridized carbons (Fsp3) is 0.222. The van der Waals surface area contributed by atoms with Crippen LogP contribution in [-0.4, -0.2) is 6.43 Å². The largest absolute Gasteiger partial charge is 0.319 e. The molecule has 2 nitrogen and oxygen atoms in total. The van der Waals surface area contributed by atoms with Crippen LogP contribution in [0, 0.1) is 11.3 Å². The summed E-state index contributed by atoms with van der Waals surface area (Å²) < 4.78 is 25.1. The van der Waals surface area contributed by atoms with E-state index in [4.69, 9.17) is 11.0 Å². The lowest BCUT2D eigenvalue weighted by Crippen LogP contribution is -2.19. The first-order valence-corrected chi connectivity index (χ1v) is 4.59. The SMILES string of the molecule is N#Cc1ccc(Br)c(C(N)C(F)F)c1. The molecule has 0 radical (unpaired) electrons. The van der Waals surface area contributed by atoms with E-state index < -0.39 is 12.5 Å². The zero-order valence-electron chi connectivity index (χ0n) is 7.05. The van der Waals surface area contributed by atoms with Gasteiger partial charge in [0.2, 0.25) is 0 Å². The average Bonchev–Trinajstić information content (AvgIpc) is 2.17. The number of alkyl halides is 2. The van der Waals surface area contributed by atoms with E-state index in [0.29, 0.717) is 10.0 Å². The van der Waals surface area contributed by atoms with Gasteiger partial charge >= 0.3 is 0 Å². The first kappa shape index (κ1) is 11.1. The summed E-state index contributed by atoms with van der Waals surface area (Å²) in [6.45, 7) is 0. The molecule has 0 aromatic heterocycles. The van der Waals surface area contributed by atoms with E-state index in [1.165, 1.54) is 18.2 Å². The lowest BCUT2D eigenvalue weighted by atomic mass is 10.1. The molecule has 1 aromatic rings. The first-order chi connectivity index (χ1) is 6.56. The van der Waals surface area contributed by atoms with Gasteiger partial charge in [-0.3, -0.25) is 0 Å². The fourth-order valence-corrected chi connectivity index (χ4v) is 1.52. The molecular formula is C9H7BrF2N2. The van der Waals surface area contributed by atoms with Gasteiger partial charge in [0.15, 0.2) is 0 Å². The van der Waals surface area contributed by atoms with E-state index in [0.717, 1.165) is 0 Å². The topological polar surface area (TPSA) is 49.8 Å². The second kappa shape index (κ2) is 4.49. The molecule has 0 aliphatic rings. The van der Waals surface area contributed by atoms with Crippen LogP contribution in [-0.2, 0) is 0 Å². The molecule has 14 heavy (non-hydrogen) atoms. The second-order valence-electron chi connectivity index (χ2n) is 2.71.